The predicted octanol–water partition coefficient (Wildman–Crippen LogP) is 13.4. The number of hydrogen-bond donors (Lipinski definition) is 1. The number of nitrogen functional groups attached to an aromatic ring is 1. The second-order valence-corrected chi connectivity index (χ2v) is 14.4. The average Bonchev–Trinajstić information content (AvgIpc) is 3.76. The molecule has 2 heterocycles. The molecule has 1 unspecified atom stereocenters. The fourth-order valence-corrected chi connectivity index (χ4v) is 7.90. The summed E-state index contributed by atoms with van der Waals surface area (Å²) in [7, 11) is 0. The van der Waals surface area contributed by atoms with Crippen molar-refractivity contribution in [3.05, 3.63) is 217 Å². The number of furan rings is 1. The minimum absolute atomic E-state index is 0.0190. The molecule has 56 heavy (non-hydrogen) atoms. The van der Waals surface area contributed by atoms with E-state index in [2.05, 4.69) is 169 Å². The minimum Gasteiger partial charge on any atom is -0.456 e. The van der Waals surface area contributed by atoms with Crippen LogP contribution < -0.4 is 15.5 Å². The molecule has 7 aromatic carbocycles. The van der Waals surface area contributed by atoms with Crippen molar-refractivity contribution in [2.24, 2.45) is 4.99 Å². The Morgan fingerprint density at radius 1 is 0.714 bits per heavy atom. The highest BCUT2D eigenvalue weighted by Gasteiger charge is 2.38. The maximum absolute atomic E-state index is 6.76. The van der Waals surface area contributed by atoms with Crippen LogP contribution in [-0.4, -0.2) is 5.71 Å². The SMILES string of the molecule is C=C(C)CC1/C(=C\N(c2ccccc2)c2ccccc2)N(c2ccc(CC(=Nc3ccccc3N)c3ccccc3)cc2)c2ccc3c(oc4ccccc43)c21. The molecular weight excluding hydrogens is 685 g/mol. The van der Waals surface area contributed by atoms with E-state index in [0.29, 0.717) is 12.1 Å². The molecule has 1 aromatic heterocycles. The molecular formula is C51H42N4O. The smallest absolute Gasteiger partial charge is 0.141 e. The van der Waals surface area contributed by atoms with Crippen molar-refractivity contribution >= 4 is 61.8 Å². The van der Waals surface area contributed by atoms with Crippen molar-refractivity contribution in [1.82, 2.24) is 0 Å². The van der Waals surface area contributed by atoms with Gasteiger partial charge >= 0.3 is 0 Å². The topological polar surface area (TPSA) is 58.0 Å². The van der Waals surface area contributed by atoms with Crippen LogP contribution in [0.15, 0.2) is 209 Å². The van der Waals surface area contributed by atoms with Gasteiger partial charge in [0, 0.05) is 57.6 Å². The van der Waals surface area contributed by atoms with Gasteiger partial charge in [0.2, 0.25) is 0 Å². The number of aliphatic imine (C=N–C) groups is 1. The summed E-state index contributed by atoms with van der Waals surface area (Å²) < 4.78 is 6.76. The molecule has 1 atom stereocenters. The quantitative estimate of drug-likeness (QED) is 0.0866. The van der Waals surface area contributed by atoms with Gasteiger partial charge in [-0.25, -0.2) is 0 Å². The van der Waals surface area contributed by atoms with Crippen LogP contribution in [0.2, 0.25) is 0 Å². The fraction of sp³-hybridized carbons (Fsp3) is 0.0784. The standard InChI is InChI=1S/C51H42N4O/c1-35(2)32-43-48(34-54(38-18-8-4-9-19-38)39-20-10-5-11-21-39)55(47-31-30-42-41-22-12-15-25-49(41)56-51(42)50(43)47)40-28-26-36(27-29-40)33-46(37-16-6-3-7-17-37)53-45-24-14-13-23-44(45)52/h3-31,34,43H,1,32-33,52H2,2H3/b48-34+,53-46?. The number of allylic oxidation sites excluding steroid dienone is 2. The van der Waals surface area contributed by atoms with E-state index >= 15 is 0 Å². The van der Waals surface area contributed by atoms with Crippen LogP contribution in [-0.2, 0) is 6.42 Å². The van der Waals surface area contributed by atoms with Crippen molar-refractivity contribution in [1.29, 1.82) is 0 Å². The Labute approximate surface area is 328 Å². The first-order valence-corrected chi connectivity index (χ1v) is 19.1. The first kappa shape index (κ1) is 34.6. The van der Waals surface area contributed by atoms with E-state index in [-0.39, 0.29) is 5.92 Å². The number of para-hydroxylation sites is 5. The van der Waals surface area contributed by atoms with Gasteiger partial charge in [-0.05, 0) is 91.2 Å². The summed E-state index contributed by atoms with van der Waals surface area (Å²) in [6, 6.07) is 60.9. The lowest BCUT2D eigenvalue weighted by molar-refractivity contribution is 0.657. The monoisotopic (exact) mass is 726 g/mol. The molecule has 0 amide bonds. The highest BCUT2D eigenvalue weighted by molar-refractivity contribution is 6.09. The number of fused-ring (bicyclic) bond motifs is 5. The van der Waals surface area contributed by atoms with Crippen molar-refractivity contribution < 1.29 is 4.42 Å². The molecule has 0 saturated carbocycles. The second kappa shape index (κ2) is 15.0. The Hall–Kier alpha value is -7.11. The van der Waals surface area contributed by atoms with Crippen LogP contribution in [0.4, 0.5) is 34.1 Å². The Bertz CT molecular complexity index is 2690. The van der Waals surface area contributed by atoms with E-state index in [0.717, 1.165) is 84.9 Å². The van der Waals surface area contributed by atoms with Crippen LogP contribution in [0.5, 0.6) is 0 Å². The summed E-state index contributed by atoms with van der Waals surface area (Å²) in [5, 5.41) is 2.24. The molecule has 0 fully saturated rings. The van der Waals surface area contributed by atoms with Gasteiger partial charge in [0.1, 0.15) is 11.2 Å². The zero-order chi connectivity index (χ0) is 38.0. The van der Waals surface area contributed by atoms with Crippen molar-refractivity contribution in [3.63, 3.8) is 0 Å². The van der Waals surface area contributed by atoms with Crippen molar-refractivity contribution in [2.75, 3.05) is 15.5 Å². The molecule has 9 rings (SSSR count). The highest BCUT2D eigenvalue weighted by atomic mass is 16.3. The Morgan fingerprint density at radius 3 is 2.02 bits per heavy atom. The Morgan fingerprint density at radius 2 is 1.34 bits per heavy atom. The lowest BCUT2D eigenvalue weighted by atomic mass is 9.91. The van der Waals surface area contributed by atoms with Gasteiger partial charge < -0.3 is 20.0 Å². The zero-order valence-electron chi connectivity index (χ0n) is 31.3. The summed E-state index contributed by atoms with van der Waals surface area (Å²) in [5.74, 6) is -0.0190. The third kappa shape index (κ3) is 6.65. The molecule has 0 aliphatic carbocycles. The van der Waals surface area contributed by atoms with Crippen molar-refractivity contribution in [3.8, 4) is 0 Å². The summed E-state index contributed by atoms with van der Waals surface area (Å²) >= 11 is 0. The number of nitrogens with zero attached hydrogens (tertiary/aromatic N) is 3. The van der Waals surface area contributed by atoms with Gasteiger partial charge in [0.15, 0.2) is 0 Å². The van der Waals surface area contributed by atoms with E-state index in [1.807, 2.05) is 36.4 Å². The number of anilines is 5. The molecule has 0 bridgehead atoms. The van der Waals surface area contributed by atoms with Gasteiger partial charge in [0.05, 0.1) is 22.8 Å². The molecule has 5 nitrogen and oxygen atoms in total. The van der Waals surface area contributed by atoms with Crippen molar-refractivity contribution in [2.45, 2.75) is 25.7 Å². The van der Waals surface area contributed by atoms with Crippen LogP contribution in [0.3, 0.4) is 0 Å². The molecule has 0 spiro atoms. The third-order valence-electron chi connectivity index (χ3n) is 10.5. The van der Waals surface area contributed by atoms with E-state index in [1.54, 1.807) is 0 Å². The second-order valence-electron chi connectivity index (χ2n) is 14.4. The summed E-state index contributed by atoms with van der Waals surface area (Å²) in [6.45, 7) is 6.55. The lowest BCUT2D eigenvalue weighted by Gasteiger charge is -2.28. The maximum Gasteiger partial charge on any atom is 0.141 e. The Kier molecular flexibility index (Phi) is 9.26. The Balaban J connectivity index is 1.20. The van der Waals surface area contributed by atoms with Crippen LogP contribution >= 0.6 is 0 Å². The highest BCUT2D eigenvalue weighted by Crippen LogP contribution is 2.54. The van der Waals surface area contributed by atoms with Gasteiger partial charge in [-0.3, -0.25) is 4.99 Å². The summed E-state index contributed by atoms with van der Waals surface area (Å²) in [4.78, 5) is 9.79. The van der Waals surface area contributed by atoms with Gasteiger partial charge in [0.25, 0.3) is 0 Å². The largest absolute Gasteiger partial charge is 0.456 e. The molecule has 8 aromatic rings. The first-order chi connectivity index (χ1) is 27.5. The maximum atomic E-state index is 6.76. The average molecular weight is 727 g/mol. The zero-order valence-corrected chi connectivity index (χ0v) is 31.3. The molecule has 0 saturated heterocycles. The van der Waals surface area contributed by atoms with Gasteiger partial charge in [-0.2, -0.15) is 0 Å². The number of hydrogen-bond acceptors (Lipinski definition) is 5. The van der Waals surface area contributed by atoms with Crippen LogP contribution in [0.25, 0.3) is 21.9 Å². The number of benzene rings is 7. The predicted molar refractivity (Wildman–Crippen MR) is 235 cm³/mol. The third-order valence-corrected chi connectivity index (χ3v) is 10.5. The number of rotatable bonds is 10. The summed E-state index contributed by atoms with van der Waals surface area (Å²) in [6.07, 6.45) is 3.72. The lowest BCUT2D eigenvalue weighted by Crippen LogP contribution is -2.19. The fourth-order valence-electron chi connectivity index (χ4n) is 7.90. The van der Waals surface area contributed by atoms with Gasteiger partial charge in [-0.15, -0.1) is 6.58 Å². The minimum atomic E-state index is -0.0190. The van der Waals surface area contributed by atoms with Gasteiger partial charge in [-0.1, -0.05) is 115 Å². The molecule has 2 N–H and O–H groups in total. The van der Waals surface area contributed by atoms with E-state index in [4.69, 9.17) is 15.1 Å². The molecule has 0 radical (unpaired) electrons. The number of nitrogens with two attached hydrogens (primary N) is 1. The van der Waals surface area contributed by atoms with Crippen LogP contribution in [0.1, 0.15) is 36.0 Å². The van der Waals surface area contributed by atoms with E-state index < -0.39 is 0 Å². The first-order valence-electron chi connectivity index (χ1n) is 19.1. The molecule has 1 aliphatic rings. The van der Waals surface area contributed by atoms with E-state index in [9.17, 15) is 0 Å². The van der Waals surface area contributed by atoms with E-state index in [1.165, 1.54) is 5.56 Å². The molecule has 5 heteroatoms. The summed E-state index contributed by atoms with van der Waals surface area (Å²) in [5.41, 5.74) is 20.5. The normalized spacial score (nSPS) is 14.7. The van der Waals surface area contributed by atoms with Crippen LogP contribution in [0, 0.1) is 0 Å². The molecule has 272 valence electrons. The molecule has 1 aliphatic heterocycles.